The van der Waals surface area contributed by atoms with E-state index in [0.717, 1.165) is 37.3 Å². The van der Waals surface area contributed by atoms with E-state index in [1.54, 1.807) is 12.1 Å². The van der Waals surface area contributed by atoms with Gasteiger partial charge in [0.25, 0.3) is 5.91 Å². The normalized spacial score (nSPS) is 15.6. The molecule has 3 rings (SSSR count). The van der Waals surface area contributed by atoms with E-state index in [1.807, 2.05) is 12.1 Å². The molecule has 0 aromatic heterocycles. The molecule has 0 spiro atoms. The second-order valence-corrected chi connectivity index (χ2v) is 6.75. The molecular formula is C21H22F2N2O4. The van der Waals surface area contributed by atoms with Gasteiger partial charge in [0.15, 0.2) is 6.10 Å². The van der Waals surface area contributed by atoms with E-state index in [0.29, 0.717) is 24.8 Å². The van der Waals surface area contributed by atoms with Crippen molar-refractivity contribution >= 4 is 17.6 Å². The number of benzene rings is 2. The summed E-state index contributed by atoms with van der Waals surface area (Å²) in [5.74, 6) is -3.04. The van der Waals surface area contributed by atoms with Crippen LogP contribution in [0.25, 0.3) is 0 Å². The maximum atomic E-state index is 13.6. The summed E-state index contributed by atoms with van der Waals surface area (Å²) in [5.41, 5.74) is 1.18. The molecule has 1 heterocycles. The Bertz CT molecular complexity index is 867. The average molecular weight is 404 g/mol. The molecule has 1 aliphatic heterocycles. The molecule has 0 saturated carbocycles. The van der Waals surface area contributed by atoms with Crippen molar-refractivity contribution in [2.75, 3.05) is 31.6 Å². The first-order valence-electron chi connectivity index (χ1n) is 9.28. The van der Waals surface area contributed by atoms with E-state index < -0.39 is 29.6 Å². The Balaban J connectivity index is 1.53. The minimum absolute atomic E-state index is 0.188. The summed E-state index contributed by atoms with van der Waals surface area (Å²) < 4.78 is 37.0. The molecule has 0 aliphatic carbocycles. The SMILES string of the molecule is C[C@@H](OC(=O)c1ccc(CN2CCOCC2)cc1)C(=O)Nc1ccc(F)cc1F. The molecule has 0 unspecified atom stereocenters. The first-order valence-corrected chi connectivity index (χ1v) is 9.28. The number of carbonyl (C=O) groups excluding carboxylic acids is 2. The molecule has 0 bridgehead atoms. The summed E-state index contributed by atoms with van der Waals surface area (Å²) in [6.07, 6.45) is -1.15. The van der Waals surface area contributed by atoms with Crippen LogP contribution in [0.15, 0.2) is 42.5 Å². The summed E-state index contributed by atoms with van der Waals surface area (Å²) >= 11 is 0. The predicted molar refractivity (Wildman–Crippen MR) is 102 cm³/mol. The molecule has 154 valence electrons. The molecule has 6 nitrogen and oxygen atoms in total. The lowest BCUT2D eigenvalue weighted by Gasteiger charge is -2.26. The standard InChI is InChI=1S/C21H22F2N2O4/c1-14(20(26)24-19-7-6-17(22)12-18(19)23)29-21(27)16-4-2-15(3-5-16)13-25-8-10-28-11-9-25/h2-7,12,14H,8-11,13H2,1H3,(H,24,26)/t14-/m1/s1. The second-order valence-electron chi connectivity index (χ2n) is 6.75. The smallest absolute Gasteiger partial charge is 0.338 e. The number of hydrogen-bond acceptors (Lipinski definition) is 5. The number of ether oxygens (including phenoxy) is 2. The largest absolute Gasteiger partial charge is 0.449 e. The Morgan fingerprint density at radius 2 is 1.83 bits per heavy atom. The highest BCUT2D eigenvalue weighted by Crippen LogP contribution is 2.16. The molecule has 29 heavy (non-hydrogen) atoms. The predicted octanol–water partition coefficient (Wildman–Crippen LogP) is 2.98. The molecule has 1 atom stereocenters. The van der Waals surface area contributed by atoms with Crippen LogP contribution in [0, 0.1) is 11.6 Å². The summed E-state index contributed by atoms with van der Waals surface area (Å²) in [6, 6.07) is 9.74. The van der Waals surface area contributed by atoms with Gasteiger partial charge in [0.05, 0.1) is 24.5 Å². The van der Waals surface area contributed by atoms with Crippen LogP contribution in [0.2, 0.25) is 0 Å². The van der Waals surface area contributed by atoms with E-state index in [1.165, 1.54) is 6.92 Å². The van der Waals surface area contributed by atoms with Crippen molar-refractivity contribution in [3.63, 3.8) is 0 Å². The third-order valence-corrected chi connectivity index (χ3v) is 4.54. The number of halogens is 2. The Morgan fingerprint density at radius 3 is 2.48 bits per heavy atom. The second kappa shape index (κ2) is 9.58. The fraction of sp³-hybridized carbons (Fsp3) is 0.333. The number of nitrogens with zero attached hydrogens (tertiary/aromatic N) is 1. The maximum Gasteiger partial charge on any atom is 0.338 e. The van der Waals surface area contributed by atoms with Gasteiger partial charge in [-0.3, -0.25) is 9.69 Å². The van der Waals surface area contributed by atoms with Crippen LogP contribution in [-0.2, 0) is 20.8 Å². The number of carbonyl (C=O) groups is 2. The zero-order valence-corrected chi connectivity index (χ0v) is 16.0. The summed E-state index contributed by atoms with van der Waals surface area (Å²) in [7, 11) is 0. The number of anilines is 1. The van der Waals surface area contributed by atoms with Gasteiger partial charge in [-0.1, -0.05) is 12.1 Å². The van der Waals surface area contributed by atoms with Gasteiger partial charge in [-0.15, -0.1) is 0 Å². The summed E-state index contributed by atoms with van der Waals surface area (Å²) in [5, 5.41) is 2.28. The van der Waals surface area contributed by atoms with Crippen molar-refractivity contribution in [3.05, 3.63) is 65.2 Å². The number of rotatable bonds is 6. The van der Waals surface area contributed by atoms with Crippen molar-refractivity contribution in [2.24, 2.45) is 0 Å². The fourth-order valence-corrected chi connectivity index (χ4v) is 2.87. The third kappa shape index (κ3) is 5.82. The van der Waals surface area contributed by atoms with Gasteiger partial charge < -0.3 is 14.8 Å². The third-order valence-electron chi connectivity index (χ3n) is 4.54. The van der Waals surface area contributed by atoms with E-state index in [-0.39, 0.29) is 5.69 Å². The first-order chi connectivity index (χ1) is 13.9. The summed E-state index contributed by atoms with van der Waals surface area (Å²) in [4.78, 5) is 26.7. The zero-order chi connectivity index (χ0) is 20.8. The lowest BCUT2D eigenvalue weighted by molar-refractivity contribution is -0.123. The van der Waals surface area contributed by atoms with Crippen LogP contribution >= 0.6 is 0 Å². The first kappa shape index (κ1) is 20.9. The number of amides is 1. The minimum Gasteiger partial charge on any atom is -0.449 e. The quantitative estimate of drug-likeness (QED) is 0.750. The van der Waals surface area contributed by atoms with Gasteiger partial charge in [0.1, 0.15) is 11.6 Å². The highest BCUT2D eigenvalue weighted by Gasteiger charge is 2.20. The molecule has 2 aromatic rings. The van der Waals surface area contributed by atoms with Crippen molar-refractivity contribution in [1.82, 2.24) is 4.90 Å². The van der Waals surface area contributed by atoms with Gasteiger partial charge in [-0.05, 0) is 36.8 Å². The van der Waals surface area contributed by atoms with Crippen LogP contribution < -0.4 is 5.32 Å². The molecule has 1 N–H and O–H groups in total. The monoisotopic (exact) mass is 404 g/mol. The van der Waals surface area contributed by atoms with Crippen LogP contribution in [-0.4, -0.2) is 49.2 Å². The van der Waals surface area contributed by atoms with Crippen molar-refractivity contribution in [3.8, 4) is 0 Å². The molecule has 0 radical (unpaired) electrons. The van der Waals surface area contributed by atoms with Crippen LogP contribution in [0.3, 0.4) is 0 Å². The number of esters is 1. The van der Waals surface area contributed by atoms with Gasteiger partial charge in [0.2, 0.25) is 0 Å². The van der Waals surface area contributed by atoms with Gasteiger partial charge in [0, 0.05) is 25.7 Å². The molecule has 2 aromatic carbocycles. The molecule has 8 heteroatoms. The molecule has 1 amide bonds. The lowest BCUT2D eigenvalue weighted by Crippen LogP contribution is -2.35. The van der Waals surface area contributed by atoms with Gasteiger partial charge in [-0.25, -0.2) is 13.6 Å². The van der Waals surface area contributed by atoms with E-state index >= 15 is 0 Å². The number of nitrogens with one attached hydrogen (secondary N) is 1. The molecule has 1 fully saturated rings. The van der Waals surface area contributed by atoms with E-state index in [4.69, 9.17) is 9.47 Å². The minimum atomic E-state index is -1.15. The Hall–Kier alpha value is -2.84. The fourth-order valence-electron chi connectivity index (χ4n) is 2.87. The highest BCUT2D eigenvalue weighted by atomic mass is 19.1. The van der Waals surface area contributed by atoms with E-state index in [2.05, 4.69) is 10.2 Å². The Kier molecular flexibility index (Phi) is 6.90. The summed E-state index contributed by atoms with van der Waals surface area (Å²) in [6.45, 7) is 5.30. The van der Waals surface area contributed by atoms with E-state index in [9.17, 15) is 18.4 Å². The van der Waals surface area contributed by atoms with Crippen molar-refractivity contribution in [2.45, 2.75) is 19.6 Å². The Morgan fingerprint density at radius 1 is 1.14 bits per heavy atom. The van der Waals surface area contributed by atoms with Crippen molar-refractivity contribution in [1.29, 1.82) is 0 Å². The van der Waals surface area contributed by atoms with Crippen LogP contribution in [0.5, 0.6) is 0 Å². The number of hydrogen-bond donors (Lipinski definition) is 1. The molecule has 1 aliphatic rings. The zero-order valence-electron chi connectivity index (χ0n) is 16.0. The Labute approximate surface area is 167 Å². The molecular weight excluding hydrogens is 382 g/mol. The van der Waals surface area contributed by atoms with Crippen molar-refractivity contribution < 1.29 is 27.8 Å². The van der Waals surface area contributed by atoms with Gasteiger partial charge in [-0.2, -0.15) is 0 Å². The molecule has 1 saturated heterocycles. The maximum absolute atomic E-state index is 13.6. The topological polar surface area (TPSA) is 67.9 Å². The van der Waals surface area contributed by atoms with Crippen LogP contribution in [0.4, 0.5) is 14.5 Å². The average Bonchev–Trinajstić information content (AvgIpc) is 2.71. The highest BCUT2D eigenvalue weighted by molar-refractivity contribution is 5.97. The number of morpholine rings is 1. The van der Waals surface area contributed by atoms with Crippen LogP contribution in [0.1, 0.15) is 22.8 Å². The van der Waals surface area contributed by atoms with Gasteiger partial charge >= 0.3 is 5.97 Å². The lowest BCUT2D eigenvalue weighted by atomic mass is 10.1.